The van der Waals surface area contributed by atoms with Gasteiger partial charge in [0.1, 0.15) is 0 Å². The third-order valence-electron chi connectivity index (χ3n) is 3.81. The number of thioether (sulfide) groups is 1. The normalized spacial score (nSPS) is 30.4. The first-order chi connectivity index (χ1) is 7.19. The minimum atomic E-state index is 0.618. The zero-order valence-corrected chi connectivity index (χ0v) is 11.2. The minimum Gasteiger partial charge on any atom is -0.329 e. The van der Waals surface area contributed by atoms with Crippen LogP contribution in [0.2, 0.25) is 0 Å². The summed E-state index contributed by atoms with van der Waals surface area (Å²) in [5.41, 5.74) is 5.87. The van der Waals surface area contributed by atoms with E-state index in [0.717, 1.165) is 18.4 Å². The van der Waals surface area contributed by atoms with Gasteiger partial charge < -0.3 is 5.73 Å². The summed E-state index contributed by atoms with van der Waals surface area (Å²) in [7, 11) is 0. The van der Waals surface area contributed by atoms with Crippen LogP contribution in [0.3, 0.4) is 0 Å². The molecular formula is C12H26N2S. The van der Waals surface area contributed by atoms with Gasteiger partial charge in [0.15, 0.2) is 0 Å². The Morgan fingerprint density at radius 3 is 2.67 bits per heavy atom. The van der Waals surface area contributed by atoms with Gasteiger partial charge in [0, 0.05) is 19.1 Å². The Morgan fingerprint density at radius 2 is 2.13 bits per heavy atom. The predicted octanol–water partition coefficient (Wildman–Crippen LogP) is 2.04. The molecule has 0 radical (unpaired) electrons. The molecule has 0 spiro atoms. The van der Waals surface area contributed by atoms with Gasteiger partial charge in [0.05, 0.1) is 0 Å². The Hall–Kier alpha value is 0.270. The van der Waals surface area contributed by atoms with E-state index in [1.54, 1.807) is 0 Å². The molecule has 0 aromatic rings. The van der Waals surface area contributed by atoms with Crippen molar-refractivity contribution in [2.75, 3.05) is 31.6 Å². The topological polar surface area (TPSA) is 29.3 Å². The minimum absolute atomic E-state index is 0.618. The van der Waals surface area contributed by atoms with Gasteiger partial charge in [0.25, 0.3) is 0 Å². The number of rotatable bonds is 5. The molecule has 0 bridgehead atoms. The number of nitrogens with zero attached hydrogens (tertiary/aromatic N) is 1. The van der Waals surface area contributed by atoms with Crippen LogP contribution in [0, 0.1) is 11.8 Å². The summed E-state index contributed by atoms with van der Waals surface area (Å²) in [6.45, 7) is 8.07. The molecule has 0 saturated carbocycles. The number of hydrogen-bond donors (Lipinski definition) is 1. The lowest BCUT2D eigenvalue weighted by Gasteiger charge is -2.39. The number of likely N-dealkylation sites (tertiary alicyclic amines) is 1. The fourth-order valence-electron chi connectivity index (χ4n) is 2.33. The first-order valence-corrected chi connectivity index (χ1v) is 7.51. The molecule has 1 rings (SSSR count). The average Bonchev–Trinajstić information content (AvgIpc) is 2.24. The summed E-state index contributed by atoms with van der Waals surface area (Å²) in [6.07, 6.45) is 4.77. The third kappa shape index (κ3) is 3.97. The Balaban J connectivity index is 2.39. The standard InChI is InChI=1S/C12H26N2S/c1-10-4-6-14(9-11(10)2)12(8-13)5-7-15-3/h10-12H,4-9,13H2,1-3H3. The van der Waals surface area contributed by atoms with Crippen LogP contribution in [-0.4, -0.2) is 42.6 Å². The van der Waals surface area contributed by atoms with Gasteiger partial charge in [-0.05, 0) is 43.2 Å². The maximum atomic E-state index is 5.87. The molecule has 1 aliphatic heterocycles. The second-order valence-electron chi connectivity index (χ2n) is 4.91. The van der Waals surface area contributed by atoms with Crippen molar-refractivity contribution in [3.8, 4) is 0 Å². The molecule has 90 valence electrons. The molecule has 0 aromatic heterocycles. The van der Waals surface area contributed by atoms with Crippen molar-refractivity contribution in [3.63, 3.8) is 0 Å². The van der Waals surface area contributed by atoms with Crippen LogP contribution in [0.15, 0.2) is 0 Å². The van der Waals surface area contributed by atoms with Gasteiger partial charge in [-0.1, -0.05) is 13.8 Å². The highest BCUT2D eigenvalue weighted by atomic mass is 32.2. The number of nitrogens with two attached hydrogens (primary N) is 1. The van der Waals surface area contributed by atoms with Gasteiger partial charge in [0.2, 0.25) is 0 Å². The van der Waals surface area contributed by atoms with Crippen molar-refractivity contribution in [1.82, 2.24) is 4.90 Å². The Morgan fingerprint density at radius 1 is 1.40 bits per heavy atom. The molecule has 1 aliphatic rings. The Labute approximate surface area is 99.0 Å². The van der Waals surface area contributed by atoms with Gasteiger partial charge in [-0.15, -0.1) is 0 Å². The molecule has 1 heterocycles. The molecule has 2 nitrogen and oxygen atoms in total. The van der Waals surface area contributed by atoms with Crippen molar-refractivity contribution in [3.05, 3.63) is 0 Å². The average molecular weight is 230 g/mol. The molecule has 3 heteroatoms. The zero-order valence-electron chi connectivity index (χ0n) is 10.4. The van der Waals surface area contributed by atoms with Crippen LogP contribution in [0.25, 0.3) is 0 Å². The molecular weight excluding hydrogens is 204 g/mol. The second-order valence-corrected chi connectivity index (χ2v) is 5.89. The quantitative estimate of drug-likeness (QED) is 0.784. The number of piperidine rings is 1. The van der Waals surface area contributed by atoms with Gasteiger partial charge in [-0.25, -0.2) is 0 Å². The van der Waals surface area contributed by atoms with Crippen LogP contribution in [0.1, 0.15) is 26.7 Å². The van der Waals surface area contributed by atoms with Crippen LogP contribution >= 0.6 is 11.8 Å². The van der Waals surface area contributed by atoms with Crippen molar-refractivity contribution in [2.45, 2.75) is 32.7 Å². The molecule has 3 unspecified atom stereocenters. The van der Waals surface area contributed by atoms with Crippen LogP contribution in [-0.2, 0) is 0 Å². The van der Waals surface area contributed by atoms with Crippen molar-refractivity contribution in [1.29, 1.82) is 0 Å². The van der Waals surface area contributed by atoms with E-state index >= 15 is 0 Å². The van der Waals surface area contributed by atoms with E-state index < -0.39 is 0 Å². The highest BCUT2D eigenvalue weighted by molar-refractivity contribution is 7.98. The summed E-state index contributed by atoms with van der Waals surface area (Å²) in [5, 5.41) is 0. The van der Waals surface area contributed by atoms with Crippen molar-refractivity contribution < 1.29 is 0 Å². The molecule has 1 fully saturated rings. The van der Waals surface area contributed by atoms with E-state index in [1.807, 2.05) is 11.8 Å². The number of hydrogen-bond acceptors (Lipinski definition) is 3. The van der Waals surface area contributed by atoms with Crippen molar-refractivity contribution in [2.24, 2.45) is 17.6 Å². The largest absolute Gasteiger partial charge is 0.329 e. The third-order valence-corrected chi connectivity index (χ3v) is 4.45. The Bertz CT molecular complexity index is 175. The van der Waals surface area contributed by atoms with Gasteiger partial charge in [-0.2, -0.15) is 11.8 Å². The predicted molar refractivity (Wildman–Crippen MR) is 70.4 cm³/mol. The summed E-state index contributed by atoms with van der Waals surface area (Å²) >= 11 is 1.93. The van der Waals surface area contributed by atoms with Gasteiger partial charge in [-0.3, -0.25) is 4.90 Å². The summed E-state index contributed by atoms with van der Waals surface area (Å²) in [4.78, 5) is 2.61. The van der Waals surface area contributed by atoms with Crippen molar-refractivity contribution >= 4 is 11.8 Å². The molecule has 2 N–H and O–H groups in total. The van der Waals surface area contributed by atoms with Crippen LogP contribution < -0.4 is 5.73 Å². The summed E-state index contributed by atoms with van der Waals surface area (Å²) < 4.78 is 0. The lowest BCUT2D eigenvalue weighted by molar-refractivity contribution is 0.0970. The first-order valence-electron chi connectivity index (χ1n) is 6.12. The van der Waals surface area contributed by atoms with Gasteiger partial charge >= 0.3 is 0 Å². The van der Waals surface area contributed by atoms with Crippen LogP contribution in [0.5, 0.6) is 0 Å². The molecule has 0 amide bonds. The van der Waals surface area contributed by atoms with E-state index in [2.05, 4.69) is 25.0 Å². The van der Waals surface area contributed by atoms with E-state index in [-0.39, 0.29) is 0 Å². The fraction of sp³-hybridized carbons (Fsp3) is 1.00. The fourth-order valence-corrected chi connectivity index (χ4v) is 2.84. The SMILES string of the molecule is CSCCC(CN)N1CCC(C)C(C)C1. The van der Waals surface area contributed by atoms with E-state index in [1.165, 1.54) is 31.7 Å². The van der Waals surface area contributed by atoms with E-state index in [4.69, 9.17) is 5.73 Å². The van der Waals surface area contributed by atoms with Crippen LogP contribution in [0.4, 0.5) is 0 Å². The molecule has 0 aliphatic carbocycles. The zero-order chi connectivity index (χ0) is 11.3. The highest BCUT2D eigenvalue weighted by Gasteiger charge is 2.26. The molecule has 15 heavy (non-hydrogen) atoms. The molecule has 0 aromatic carbocycles. The van der Waals surface area contributed by atoms with E-state index in [0.29, 0.717) is 6.04 Å². The summed E-state index contributed by atoms with van der Waals surface area (Å²) in [6, 6.07) is 0.618. The first kappa shape index (κ1) is 13.3. The Kier molecular flexibility index (Phi) is 6.02. The second kappa shape index (κ2) is 6.77. The molecule has 1 saturated heterocycles. The maximum absolute atomic E-state index is 5.87. The lowest BCUT2D eigenvalue weighted by Crippen LogP contribution is -2.47. The highest BCUT2D eigenvalue weighted by Crippen LogP contribution is 2.24. The molecule has 3 atom stereocenters. The smallest absolute Gasteiger partial charge is 0.0226 e. The monoisotopic (exact) mass is 230 g/mol. The lowest BCUT2D eigenvalue weighted by atomic mass is 9.88. The summed E-state index contributed by atoms with van der Waals surface area (Å²) in [5.74, 6) is 2.96. The maximum Gasteiger partial charge on any atom is 0.0226 e. The van der Waals surface area contributed by atoms with E-state index in [9.17, 15) is 0 Å².